The molecule has 0 radical (unpaired) electrons. The molecular weight excluding hydrogens is 360 g/mol. The van der Waals surface area contributed by atoms with Gasteiger partial charge >= 0.3 is 0 Å². The maximum Gasteiger partial charge on any atom is -0.0162 e. The molecule has 156 valence electrons. The summed E-state index contributed by atoms with van der Waals surface area (Å²) in [7, 11) is 0. The Hall–Kier alpha value is -2.34. The Morgan fingerprint density at radius 1 is 0.733 bits per heavy atom. The molecule has 3 aromatic rings. The zero-order chi connectivity index (χ0) is 20.8. The molecule has 0 spiro atoms. The van der Waals surface area contributed by atoms with Gasteiger partial charge in [-0.05, 0) is 84.1 Å². The molecule has 0 unspecified atom stereocenters. The summed E-state index contributed by atoms with van der Waals surface area (Å²) < 4.78 is 0. The summed E-state index contributed by atoms with van der Waals surface area (Å²) in [5, 5.41) is 0. The minimum absolute atomic E-state index is 0.677. The molecule has 0 heterocycles. The first kappa shape index (κ1) is 20.9. The summed E-state index contributed by atoms with van der Waals surface area (Å²) in [5.74, 6) is 2.31. The summed E-state index contributed by atoms with van der Waals surface area (Å²) >= 11 is 0. The minimum Gasteiger partial charge on any atom is -0.0651 e. The van der Waals surface area contributed by atoms with Crippen LogP contribution in [-0.4, -0.2) is 0 Å². The summed E-state index contributed by atoms with van der Waals surface area (Å²) in [4.78, 5) is 0. The third kappa shape index (κ3) is 5.22. The Bertz CT molecular complexity index is 881. The first-order valence-corrected chi connectivity index (χ1v) is 12.0. The third-order valence-corrected chi connectivity index (χ3v) is 7.11. The van der Waals surface area contributed by atoms with Gasteiger partial charge in [0.25, 0.3) is 0 Å². The maximum absolute atomic E-state index is 2.40. The van der Waals surface area contributed by atoms with Crippen molar-refractivity contribution in [1.29, 1.82) is 0 Å². The lowest BCUT2D eigenvalue weighted by atomic mass is 9.75. The van der Waals surface area contributed by atoms with Crippen LogP contribution in [0.2, 0.25) is 0 Å². The van der Waals surface area contributed by atoms with E-state index in [1.165, 1.54) is 72.8 Å². The van der Waals surface area contributed by atoms with Crippen LogP contribution in [0.25, 0.3) is 11.1 Å². The van der Waals surface area contributed by atoms with Crippen LogP contribution in [0.5, 0.6) is 0 Å². The molecule has 0 N–H and O–H groups in total. The van der Waals surface area contributed by atoms with Crippen molar-refractivity contribution in [2.75, 3.05) is 0 Å². The van der Waals surface area contributed by atoms with Crippen LogP contribution in [0, 0.1) is 5.92 Å². The van der Waals surface area contributed by atoms with Crippen molar-refractivity contribution >= 4 is 0 Å². The van der Waals surface area contributed by atoms with E-state index >= 15 is 0 Å². The molecule has 1 aliphatic carbocycles. The van der Waals surface area contributed by atoms with Crippen LogP contribution in [0.3, 0.4) is 0 Å². The Morgan fingerprint density at radius 3 is 1.93 bits per heavy atom. The largest absolute Gasteiger partial charge is 0.0651 e. The van der Waals surface area contributed by atoms with E-state index in [1.54, 1.807) is 0 Å². The molecule has 0 nitrogen and oxygen atoms in total. The highest BCUT2D eigenvalue weighted by molar-refractivity contribution is 5.64. The molecule has 1 aliphatic rings. The highest BCUT2D eigenvalue weighted by Gasteiger charge is 2.24. The standard InChI is InChI=1S/C30H36/c1-3-7-24-10-14-27(15-11-24)29-18-20-30(21-19-29)28-16-12-25(13-17-28)22-23(2)26-8-5-4-6-9-26/h4-6,8-11,14-15,18-21,23,25,28H,3,7,12-13,16-17,22H2,1-2H3/t23-,25?,28?/m0/s1. The summed E-state index contributed by atoms with van der Waals surface area (Å²) in [6.07, 6.45) is 9.16. The molecule has 1 saturated carbocycles. The summed E-state index contributed by atoms with van der Waals surface area (Å²) in [6.45, 7) is 4.64. The topological polar surface area (TPSA) is 0 Å². The Morgan fingerprint density at radius 2 is 1.33 bits per heavy atom. The van der Waals surface area contributed by atoms with E-state index in [0.717, 1.165) is 11.8 Å². The number of rotatable bonds is 7. The lowest BCUT2D eigenvalue weighted by Gasteiger charge is -2.30. The minimum atomic E-state index is 0.677. The van der Waals surface area contributed by atoms with Crippen molar-refractivity contribution < 1.29 is 0 Å². The molecule has 0 aliphatic heterocycles. The smallest absolute Gasteiger partial charge is 0.0162 e. The predicted octanol–water partition coefficient (Wildman–Crippen LogP) is 8.77. The van der Waals surface area contributed by atoms with Gasteiger partial charge < -0.3 is 0 Å². The highest BCUT2D eigenvalue weighted by Crippen LogP contribution is 2.40. The SMILES string of the molecule is CCCc1ccc(-c2ccc(C3CCC(C[C@H](C)c4ccccc4)CC3)cc2)cc1. The van der Waals surface area contributed by atoms with E-state index in [2.05, 4.69) is 92.7 Å². The fourth-order valence-electron chi connectivity index (χ4n) is 5.25. The molecule has 0 bridgehead atoms. The average Bonchev–Trinajstić information content (AvgIpc) is 2.81. The number of hydrogen-bond acceptors (Lipinski definition) is 0. The summed E-state index contributed by atoms with van der Waals surface area (Å²) in [6, 6.07) is 29.6. The first-order chi connectivity index (χ1) is 14.7. The number of hydrogen-bond donors (Lipinski definition) is 0. The zero-order valence-electron chi connectivity index (χ0n) is 18.7. The van der Waals surface area contributed by atoms with Crippen molar-refractivity contribution in [2.45, 2.75) is 70.6 Å². The highest BCUT2D eigenvalue weighted by atomic mass is 14.3. The molecule has 30 heavy (non-hydrogen) atoms. The molecule has 1 fully saturated rings. The van der Waals surface area contributed by atoms with Crippen LogP contribution in [-0.2, 0) is 6.42 Å². The molecule has 4 rings (SSSR count). The molecule has 3 aromatic carbocycles. The number of aryl methyl sites for hydroxylation is 1. The van der Waals surface area contributed by atoms with E-state index in [0.29, 0.717) is 5.92 Å². The van der Waals surface area contributed by atoms with Gasteiger partial charge in [0.1, 0.15) is 0 Å². The van der Waals surface area contributed by atoms with Crippen molar-refractivity contribution in [3.05, 3.63) is 95.6 Å². The molecule has 1 atom stereocenters. The van der Waals surface area contributed by atoms with E-state index in [4.69, 9.17) is 0 Å². The van der Waals surface area contributed by atoms with Crippen molar-refractivity contribution in [3.63, 3.8) is 0 Å². The van der Waals surface area contributed by atoms with E-state index < -0.39 is 0 Å². The van der Waals surface area contributed by atoms with E-state index in [-0.39, 0.29) is 0 Å². The van der Waals surface area contributed by atoms with Gasteiger partial charge in [-0.2, -0.15) is 0 Å². The van der Waals surface area contributed by atoms with Gasteiger partial charge in [0.2, 0.25) is 0 Å². The van der Waals surface area contributed by atoms with Crippen LogP contribution >= 0.6 is 0 Å². The normalized spacial score (nSPS) is 20.1. The van der Waals surface area contributed by atoms with Crippen LogP contribution in [0.4, 0.5) is 0 Å². The van der Waals surface area contributed by atoms with Gasteiger partial charge in [0.05, 0.1) is 0 Å². The molecular formula is C30H36. The second-order valence-electron chi connectivity index (χ2n) is 9.33. The van der Waals surface area contributed by atoms with E-state index in [1.807, 2.05) is 0 Å². The fraction of sp³-hybridized carbons (Fsp3) is 0.400. The Balaban J connectivity index is 1.31. The Kier molecular flexibility index (Phi) is 7.05. The third-order valence-electron chi connectivity index (χ3n) is 7.11. The van der Waals surface area contributed by atoms with Crippen molar-refractivity contribution in [3.8, 4) is 11.1 Å². The van der Waals surface area contributed by atoms with Crippen LogP contribution < -0.4 is 0 Å². The first-order valence-electron chi connectivity index (χ1n) is 12.0. The maximum atomic E-state index is 2.40. The van der Waals surface area contributed by atoms with Crippen LogP contribution in [0.1, 0.15) is 80.9 Å². The fourth-order valence-corrected chi connectivity index (χ4v) is 5.25. The van der Waals surface area contributed by atoms with Gasteiger partial charge in [0.15, 0.2) is 0 Å². The van der Waals surface area contributed by atoms with Crippen molar-refractivity contribution in [1.82, 2.24) is 0 Å². The predicted molar refractivity (Wildman–Crippen MR) is 130 cm³/mol. The monoisotopic (exact) mass is 396 g/mol. The molecule has 0 heteroatoms. The zero-order valence-corrected chi connectivity index (χ0v) is 18.7. The number of benzene rings is 3. The van der Waals surface area contributed by atoms with Gasteiger partial charge in [-0.15, -0.1) is 0 Å². The van der Waals surface area contributed by atoms with Gasteiger partial charge in [-0.1, -0.05) is 99.1 Å². The van der Waals surface area contributed by atoms with Crippen LogP contribution in [0.15, 0.2) is 78.9 Å². The second-order valence-corrected chi connectivity index (χ2v) is 9.33. The lowest BCUT2D eigenvalue weighted by molar-refractivity contribution is 0.297. The van der Waals surface area contributed by atoms with Crippen molar-refractivity contribution in [2.24, 2.45) is 5.92 Å². The quantitative estimate of drug-likeness (QED) is 0.374. The van der Waals surface area contributed by atoms with Gasteiger partial charge in [0, 0.05) is 0 Å². The Labute approximate surface area is 183 Å². The molecule has 0 saturated heterocycles. The molecule has 0 aromatic heterocycles. The lowest BCUT2D eigenvalue weighted by Crippen LogP contribution is -2.15. The van der Waals surface area contributed by atoms with Gasteiger partial charge in [-0.25, -0.2) is 0 Å². The van der Waals surface area contributed by atoms with Gasteiger partial charge in [-0.3, -0.25) is 0 Å². The second kappa shape index (κ2) is 10.1. The summed E-state index contributed by atoms with van der Waals surface area (Å²) in [5.41, 5.74) is 7.15. The average molecular weight is 397 g/mol. The molecule has 0 amide bonds. The van der Waals surface area contributed by atoms with E-state index in [9.17, 15) is 0 Å².